The predicted octanol–water partition coefficient (Wildman–Crippen LogP) is 2.81. The molecule has 2 rings (SSSR count). The molecule has 0 saturated heterocycles. The monoisotopic (exact) mass is 318 g/mol. The topological polar surface area (TPSA) is 54.9 Å². The summed E-state index contributed by atoms with van der Waals surface area (Å²) >= 11 is 5.66. The summed E-state index contributed by atoms with van der Waals surface area (Å²) in [5, 5.41) is -0.135. The van der Waals surface area contributed by atoms with Gasteiger partial charge in [0.2, 0.25) is 0 Å². The molecule has 112 valence electrons. The second kappa shape index (κ2) is 5.07. The molecule has 1 N–H and O–H groups in total. The van der Waals surface area contributed by atoms with E-state index >= 15 is 0 Å². The van der Waals surface area contributed by atoms with E-state index < -0.39 is 23.0 Å². The standard InChI is InChI=1S/C13H10ClF3N2O2/c1-6-3-4-8(5-9(6)13(15,16)17)19-11(20)7(2)10(14)18-12(19)21/h3-5H,1-2H3,(H,18,21). The predicted molar refractivity (Wildman–Crippen MR) is 72.1 cm³/mol. The summed E-state index contributed by atoms with van der Waals surface area (Å²) in [5.41, 5.74) is -2.68. The minimum Gasteiger partial charge on any atom is -0.297 e. The molecule has 0 atom stereocenters. The van der Waals surface area contributed by atoms with Crippen LogP contribution in [0.5, 0.6) is 0 Å². The number of halogens is 4. The molecule has 0 aliphatic rings. The van der Waals surface area contributed by atoms with E-state index in [1.54, 1.807) is 0 Å². The first-order valence-corrected chi connectivity index (χ1v) is 6.20. The van der Waals surface area contributed by atoms with Crippen molar-refractivity contribution in [2.75, 3.05) is 0 Å². The Bertz CT molecular complexity index is 822. The first-order valence-electron chi connectivity index (χ1n) is 5.82. The summed E-state index contributed by atoms with van der Waals surface area (Å²) in [6.45, 7) is 2.67. The maximum atomic E-state index is 12.9. The maximum absolute atomic E-state index is 12.9. The van der Waals surface area contributed by atoms with Crippen molar-refractivity contribution >= 4 is 11.6 Å². The number of benzene rings is 1. The third-order valence-electron chi connectivity index (χ3n) is 3.06. The molecule has 0 unspecified atom stereocenters. The van der Waals surface area contributed by atoms with Crippen LogP contribution in [0.3, 0.4) is 0 Å². The zero-order valence-electron chi connectivity index (χ0n) is 11.0. The van der Waals surface area contributed by atoms with Crippen molar-refractivity contribution in [3.05, 3.63) is 60.9 Å². The molecule has 2 aromatic rings. The highest BCUT2D eigenvalue weighted by Gasteiger charge is 2.32. The zero-order valence-corrected chi connectivity index (χ0v) is 11.8. The summed E-state index contributed by atoms with van der Waals surface area (Å²) in [5.74, 6) is 0. The van der Waals surface area contributed by atoms with E-state index in [4.69, 9.17) is 11.6 Å². The molecular formula is C13H10ClF3N2O2. The van der Waals surface area contributed by atoms with Crippen LogP contribution in [0.2, 0.25) is 5.15 Å². The van der Waals surface area contributed by atoms with Gasteiger partial charge in [-0.25, -0.2) is 9.36 Å². The molecule has 1 aromatic heterocycles. The van der Waals surface area contributed by atoms with Gasteiger partial charge in [-0.1, -0.05) is 17.7 Å². The van der Waals surface area contributed by atoms with E-state index in [0.717, 1.165) is 6.07 Å². The lowest BCUT2D eigenvalue weighted by atomic mass is 10.1. The zero-order chi connectivity index (χ0) is 15.9. The van der Waals surface area contributed by atoms with Gasteiger partial charge in [-0.2, -0.15) is 13.2 Å². The summed E-state index contributed by atoms with van der Waals surface area (Å²) < 4.78 is 39.3. The van der Waals surface area contributed by atoms with Gasteiger partial charge in [-0.05, 0) is 31.5 Å². The summed E-state index contributed by atoms with van der Waals surface area (Å²) in [6, 6.07) is 3.24. The second-order valence-electron chi connectivity index (χ2n) is 4.51. The molecule has 1 aromatic carbocycles. The molecule has 0 bridgehead atoms. The van der Waals surface area contributed by atoms with Crippen molar-refractivity contribution < 1.29 is 13.2 Å². The largest absolute Gasteiger partial charge is 0.416 e. The quantitative estimate of drug-likeness (QED) is 0.822. The molecule has 0 aliphatic heterocycles. The number of rotatable bonds is 1. The van der Waals surface area contributed by atoms with Gasteiger partial charge < -0.3 is 0 Å². The Kier molecular flexibility index (Phi) is 3.71. The van der Waals surface area contributed by atoms with Crippen molar-refractivity contribution in [3.63, 3.8) is 0 Å². The summed E-state index contributed by atoms with van der Waals surface area (Å²) in [7, 11) is 0. The average molecular weight is 319 g/mol. The van der Waals surface area contributed by atoms with Crippen LogP contribution in [-0.4, -0.2) is 9.55 Å². The molecule has 0 saturated carbocycles. The summed E-state index contributed by atoms with van der Waals surface area (Å²) in [4.78, 5) is 26.0. The Morgan fingerprint density at radius 3 is 2.38 bits per heavy atom. The molecule has 8 heteroatoms. The van der Waals surface area contributed by atoms with E-state index in [-0.39, 0.29) is 22.0 Å². The van der Waals surface area contributed by atoms with Crippen LogP contribution in [0, 0.1) is 13.8 Å². The molecule has 1 heterocycles. The third kappa shape index (κ3) is 2.73. The molecule has 4 nitrogen and oxygen atoms in total. The van der Waals surface area contributed by atoms with Crippen molar-refractivity contribution in [1.82, 2.24) is 9.55 Å². The number of aromatic amines is 1. The first-order chi connectivity index (χ1) is 9.62. The normalized spacial score (nSPS) is 11.7. The number of alkyl halides is 3. The Labute approximate surface area is 121 Å². The van der Waals surface area contributed by atoms with Crippen molar-refractivity contribution in [1.29, 1.82) is 0 Å². The van der Waals surface area contributed by atoms with Crippen LogP contribution in [0.25, 0.3) is 5.69 Å². The minimum atomic E-state index is -4.57. The highest BCUT2D eigenvalue weighted by atomic mass is 35.5. The number of hydrogen-bond acceptors (Lipinski definition) is 2. The van der Waals surface area contributed by atoms with Crippen molar-refractivity contribution in [2.45, 2.75) is 20.0 Å². The molecule has 0 aliphatic carbocycles. The van der Waals surface area contributed by atoms with Gasteiger partial charge in [-0.15, -0.1) is 0 Å². The van der Waals surface area contributed by atoms with Gasteiger partial charge in [0.25, 0.3) is 5.56 Å². The van der Waals surface area contributed by atoms with Gasteiger partial charge >= 0.3 is 11.9 Å². The van der Waals surface area contributed by atoms with Crippen LogP contribution in [0.4, 0.5) is 13.2 Å². The Morgan fingerprint density at radius 2 is 1.81 bits per heavy atom. The minimum absolute atomic E-state index is 0.00131. The number of aryl methyl sites for hydroxylation is 1. The molecule has 0 radical (unpaired) electrons. The van der Waals surface area contributed by atoms with Gasteiger partial charge in [0.15, 0.2) is 0 Å². The van der Waals surface area contributed by atoms with Crippen LogP contribution in [0.15, 0.2) is 27.8 Å². The average Bonchev–Trinajstić information content (AvgIpc) is 2.36. The van der Waals surface area contributed by atoms with E-state index in [1.165, 1.54) is 26.0 Å². The molecular weight excluding hydrogens is 309 g/mol. The van der Waals surface area contributed by atoms with Crippen LogP contribution in [0.1, 0.15) is 16.7 Å². The van der Waals surface area contributed by atoms with E-state index in [1.807, 2.05) is 0 Å². The van der Waals surface area contributed by atoms with Gasteiger partial charge in [0.05, 0.1) is 16.8 Å². The highest BCUT2D eigenvalue weighted by Crippen LogP contribution is 2.32. The van der Waals surface area contributed by atoms with Gasteiger partial charge in [0.1, 0.15) is 5.15 Å². The smallest absolute Gasteiger partial charge is 0.297 e. The number of hydrogen-bond donors (Lipinski definition) is 1. The lowest BCUT2D eigenvalue weighted by molar-refractivity contribution is -0.138. The fourth-order valence-electron chi connectivity index (χ4n) is 1.89. The second-order valence-corrected chi connectivity index (χ2v) is 4.88. The molecule has 0 amide bonds. The molecule has 0 spiro atoms. The lowest BCUT2D eigenvalue weighted by Crippen LogP contribution is -2.35. The van der Waals surface area contributed by atoms with Crippen LogP contribution in [-0.2, 0) is 6.18 Å². The van der Waals surface area contributed by atoms with Gasteiger partial charge in [0, 0.05) is 0 Å². The third-order valence-corrected chi connectivity index (χ3v) is 3.44. The number of nitrogens with one attached hydrogen (secondary N) is 1. The maximum Gasteiger partial charge on any atom is 0.416 e. The Morgan fingerprint density at radius 1 is 1.19 bits per heavy atom. The Hall–Kier alpha value is -2.02. The fraction of sp³-hybridized carbons (Fsp3) is 0.231. The highest BCUT2D eigenvalue weighted by molar-refractivity contribution is 6.30. The molecule has 0 fully saturated rings. The number of aromatic nitrogens is 2. The van der Waals surface area contributed by atoms with E-state index in [9.17, 15) is 22.8 Å². The van der Waals surface area contributed by atoms with Crippen LogP contribution < -0.4 is 11.2 Å². The van der Waals surface area contributed by atoms with Crippen molar-refractivity contribution in [3.8, 4) is 5.69 Å². The Balaban J connectivity index is 2.79. The summed E-state index contributed by atoms with van der Waals surface area (Å²) in [6.07, 6.45) is -4.57. The number of nitrogens with zero attached hydrogens (tertiary/aromatic N) is 1. The first kappa shape index (κ1) is 15.4. The fourth-order valence-corrected chi connectivity index (χ4v) is 2.05. The van der Waals surface area contributed by atoms with E-state index in [0.29, 0.717) is 4.57 Å². The lowest BCUT2D eigenvalue weighted by Gasteiger charge is -2.13. The van der Waals surface area contributed by atoms with Gasteiger partial charge in [-0.3, -0.25) is 9.78 Å². The number of H-pyrrole nitrogens is 1. The molecule has 21 heavy (non-hydrogen) atoms. The van der Waals surface area contributed by atoms with Crippen LogP contribution >= 0.6 is 11.6 Å². The van der Waals surface area contributed by atoms with E-state index in [2.05, 4.69) is 4.98 Å². The van der Waals surface area contributed by atoms with Crippen molar-refractivity contribution in [2.24, 2.45) is 0 Å². The SMILES string of the molecule is Cc1ccc(-n2c(=O)[nH]c(Cl)c(C)c2=O)cc1C(F)(F)F.